The minimum Gasteiger partial charge on any atom is -1.00 e. The Morgan fingerprint density at radius 1 is 0.370 bits per heavy atom. The fraction of sp³-hybridized carbons (Fsp3) is 0.286. The standard InChI is InChI=1S/3C7H10N.3ClH/c3*1-2-8-6-4-3-5-7-8;;;/h3*3-7H,2H2,1H3;3*1H/q3*+1;;;/p-3. The number of pyridine rings is 3. The molecule has 3 heterocycles. The Balaban J connectivity index is -0.000000303. The van der Waals surface area contributed by atoms with E-state index in [1.165, 1.54) is 0 Å². The molecule has 0 saturated carbocycles. The summed E-state index contributed by atoms with van der Waals surface area (Å²) in [6, 6.07) is 18.2. The zero-order chi connectivity index (χ0) is 17.5. The first-order valence-corrected chi connectivity index (χ1v) is 8.62. The number of hydrogen-bond acceptors (Lipinski definition) is 0. The molecule has 0 aliphatic rings. The Bertz CT molecular complexity index is 545. The lowest BCUT2D eigenvalue weighted by atomic mass is 10.5. The highest BCUT2D eigenvalue weighted by Gasteiger charge is 1.87. The van der Waals surface area contributed by atoms with Crippen LogP contribution in [0, 0.1) is 0 Å². The Labute approximate surface area is 182 Å². The van der Waals surface area contributed by atoms with Crippen molar-refractivity contribution < 1.29 is 50.9 Å². The van der Waals surface area contributed by atoms with Crippen LogP contribution in [0.3, 0.4) is 0 Å². The molecule has 0 saturated heterocycles. The maximum Gasteiger partial charge on any atom is 0.168 e. The summed E-state index contributed by atoms with van der Waals surface area (Å²) in [7, 11) is 0. The van der Waals surface area contributed by atoms with Crippen LogP contribution in [-0.2, 0) is 19.6 Å². The van der Waals surface area contributed by atoms with Gasteiger partial charge in [-0.15, -0.1) is 0 Å². The summed E-state index contributed by atoms with van der Waals surface area (Å²) in [6.07, 6.45) is 12.3. The van der Waals surface area contributed by atoms with Gasteiger partial charge in [-0.3, -0.25) is 0 Å². The summed E-state index contributed by atoms with van der Waals surface area (Å²) >= 11 is 0. The third kappa shape index (κ3) is 15.1. The molecule has 0 aliphatic heterocycles. The van der Waals surface area contributed by atoms with Gasteiger partial charge < -0.3 is 37.2 Å². The summed E-state index contributed by atoms with van der Waals surface area (Å²) in [5, 5.41) is 0. The van der Waals surface area contributed by atoms with Crippen LogP contribution in [0.25, 0.3) is 0 Å². The summed E-state index contributed by atoms with van der Waals surface area (Å²) in [5.74, 6) is 0. The van der Waals surface area contributed by atoms with Gasteiger partial charge in [0.05, 0.1) is 0 Å². The van der Waals surface area contributed by atoms with Crippen molar-refractivity contribution in [1.82, 2.24) is 0 Å². The normalized spacial score (nSPS) is 8.11. The number of aryl methyl sites for hydroxylation is 3. The Morgan fingerprint density at radius 2 is 0.556 bits per heavy atom. The Morgan fingerprint density at radius 3 is 0.667 bits per heavy atom. The van der Waals surface area contributed by atoms with Crippen LogP contribution in [0.5, 0.6) is 0 Å². The number of aromatic nitrogens is 3. The van der Waals surface area contributed by atoms with E-state index in [2.05, 4.69) is 71.7 Å². The molecule has 0 aliphatic carbocycles. The van der Waals surface area contributed by atoms with Crippen LogP contribution in [0.1, 0.15) is 20.8 Å². The molecular weight excluding hydrogens is 401 g/mol. The molecule has 3 aromatic rings. The van der Waals surface area contributed by atoms with E-state index in [1.54, 1.807) is 0 Å². The van der Waals surface area contributed by atoms with Crippen LogP contribution in [0.2, 0.25) is 0 Å². The molecule has 3 aromatic heterocycles. The van der Waals surface area contributed by atoms with E-state index in [0.717, 1.165) is 19.6 Å². The molecule has 3 nitrogen and oxygen atoms in total. The van der Waals surface area contributed by atoms with E-state index in [1.807, 2.05) is 54.6 Å². The fourth-order valence-electron chi connectivity index (χ4n) is 1.94. The summed E-state index contributed by atoms with van der Waals surface area (Å²) in [4.78, 5) is 0. The van der Waals surface area contributed by atoms with E-state index < -0.39 is 0 Å². The monoisotopic (exact) mass is 429 g/mol. The quantitative estimate of drug-likeness (QED) is 0.367. The third-order valence-electron chi connectivity index (χ3n) is 3.43. The molecule has 0 radical (unpaired) electrons. The van der Waals surface area contributed by atoms with Crippen LogP contribution < -0.4 is 50.9 Å². The van der Waals surface area contributed by atoms with Gasteiger partial charge in [0.25, 0.3) is 0 Å². The molecule has 3 rings (SSSR count). The van der Waals surface area contributed by atoms with Crippen LogP contribution in [0.15, 0.2) is 91.8 Å². The average molecular weight is 431 g/mol. The highest BCUT2D eigenvalue weighted by Crippen LogP contribution is 1.76. The van der Waals surface area contributed by atoms with Gasteiger partial charge >= 0.3 is 0 Å². The summed E-state index contributed by atoms with van der Waals surface area (Å²) < 4.78 is 6.38. The fourth-order valence-corrected chi connectivity index (χ4v) is 1.94. The second-order valence-electron chi connectivity index (χ2n) is 5.12. The molecule has 0 bridgehead atoms. The molecule has 0 amide bonds. The molecular formula is C21H30Cl3N3. The van der Waals surface area contributed by atoms with Crippen molar-refractivity contribution in [3.8, 4) is 0 Å². The molecule has 0 fully saturated rings. The topological polar surface area (TPSA) is 11.6 Å². The second kappa shape index (κ2) is 20.6. The zero-order valence-electron chi connectivity index (χ0n) is 16.3. The summed E-state index contributed by atoms with van der Waals surface area (Å²) in [5.41, 5.74) is 0. The van der Waals surface area contributed by atoms with Gasteiger partial charge in [0.1, 0.15) is 19.6 Å². The van der Waals surface area contributed by atoms with Crippen molar-refractivity contribution in [3.05, 3.63) is 91.8 Å². The lowest BCUT2D eigenvalue weighted by Crippen LogP contribution is -3.00. The van der Waals surface area contributed by atoms with Gasteiger partial charge in [-0.05, 0) is 20.8 Å². The first-order valence-electron chi connectivity index (χ1n) is 8.62. The molecule has 0 N–H and O–H groups in total. The number of nitrogens with zero attached hydrogens (tertiary/aromatic N) is 3. The van der Waals surface area contributed by atoms with Crippen LogP contribution >= 0.6 is 0 Å². The maximum atomic E-state index is 2.12. The van der Waals surface area contributed by atoms with Crippen molar-refractivity contribution in [2.24, 2.45) is 0 Å². The Hall–Kier alpha value is -1.68. The molecule has 0 aromatic carbocycles. The first kappa shape index (κ1) is 30.1. The van der Waals surface area contributed by atoms with Crippen molar-refractivity contribution in [2.75, 3.05) is 0 Å². The maximum absolute atomic E-state index is 2.12. The lowest BCUT2D eigenvalue weighted by molar-refractivity contribution is -0.693. The minimum absolute atomic E-state index is 0. The van der Waals surface area contributed by atoms with E-state index in [4.69, 9.17) is 0 Å². The summed E-state index contributed by atoms with van der Waals surface area (Å²) in [6.45, 7) is 9.54. The van der Waals surface area contributed by atoms with Crippen LogP contribution in [-0.4, -0.2) is 0 Å². The smallest absolute Gasteiger partial charge is 0.168 e. The highest BCUT2D eigenvalue weighted by atomic mass is 35.5. The first-order chi connectivity index (χ1) is 11.8. The van der Waals surface area contributed by atoms with Crippen molar-refractivity contribution in [1.29, 1.82) is 0 Å². The second-order valence-corrected chi connectivity index (χ2v) is 5.12. The van der Waals surface area contributed by atoms with E-state index >= 15 is 0 Å². The highest BCUT2D eigenvalue weighted by molar-refractivity contribution is 4.84. The Kier molecular flexibility index (Phi) is 23.0. The van der Waals surface area contributed by atoms with Crippen LogP contribution in [0.4, 0.5) is 0 Å². The largest absolute Gasteiger partial charge is 1.00 e. The number of rotatable bonds is 3. The number of hydrogen-bond donors (Lipinski definition) is 0. The van der Waals surface area contributed by atoms with Crippen molar-refractivity contribution in [3.63, 3.8) is 0 Å². The minimum atomic E-state index is 0. The van der Waals surface area contributed by atoms with E-state index in [-0.39, 0.29) is 37.2 Å². The average Bonchev–Trinajstić information content (AvgIpc) is 2.71. The van der Waals surface area contributed by atoms with Gasteiger partial charge in [0.2, 0.25) is 0 Å². The molecule has 0 atom stereocenters. The zero-order valence-corrected chi connectivity index (χ0v) is 18.5. The third-order valence-corrected chi connectivity index (χ3v) is 3.43. The van der Waals surface area contributed by atoms with Gasteiger partial charge in [-0.1, -0.05) is 18.2 Å². The van der Waals surface area contributed by atoms with Crippen molar-refractivity contribution >= 4 is 0 Å². The molecule has 0 unspecified atom stereocenters. The van der Waals surface area contributed by atoms with E-state index in [0.29, 0.717) is 0 Å². The molecule has 6 heteroatoms. The molecule has 27 heavy (non-hydrogen) atoms. The van der Waals surface area contributed by atoms with Gasteiger partial charge in [-0.2, -0.15) is 0 Å². The number of halogens is 3. The lowest BCUT2D eigenvalue weighted by Gasteiger charge is -1.84. The van der Waals surface area contributed by atoms with Gasteiger partial charge in [0.15, 0.2) is 37.2 Å². The van der Waals surface area contributed by atoms with E-state index in [9.17, 15) is 0 Å². The van der Waals surface area contributed by atoms with Crippen molar-refractivity contribution in [2.45, 2.75) is 40.4 Å². The predicted octanol–water partition coefficient (Wildman–Crippen LogP) is -6.01. The molecule has 150 valence electrons. The predicted molar refractivity (Wildman–Crippen MR) is 96.9 cm³/mol. The van der Waals surface area contributed by atoms with Gasteiger partial charge in [-0.25, -0.2) is 13.7 Å². The SMILES string of the molecule is CC[n+]1ccccc1.CC[n+]1ccccc1.CC[n+]1ccccc1.[Cl-].[Cl-].[Cl-]. The molecule has 0 spiro atoms. The van der Waals surface area contributed by atoms with Gasteiger partial charge in [0, 0.05) is 36.4 Å².